The maximum absolute atomic E-state index is 13.9. The first-order chi connectivity index (χ1) is 18.6. The van der Waals surface area contributed by atoms with Crippen LogP contribution < -0.4 is 10.2 Å². The van der Waals surface area contributed by atoms with E-state index in [1.165, 1.54) is 16.1 Å². The first-order valence-corrected chi connectivity index (χ1v) is 13.5. The molecule has 1 N–H and O–H groups in total. The minimum absolute atomic E-state index is 0.0785. The second kappa shape index (κ2) is 12.1. The third-order valence-electron chi connectivity index (χ3n) is 6.56. The summed E-state index contributed by atoms with van der Waals surface area (Å²) in [6.45, 7) is -0.198. The number of tetrazole rings is 1. The van der Waals surface area contributed by atoms with E-state index in [-0.39, 0.29) is 24.4 Å². The third-order valence-corrected chi connectivity index (χ3v) is 7.09. The van der Waals surface area contributed by atoms with Crippen molar-refractivity contribution in [3.05, 3.63) is 89.2 Å². The number of aromatic nitrogens is 5. The SMILES string of the molecule is O=C(NC1CCCCC1)C(c1ccccn1)N(C(=O)Cn1nnc(-c2ccccc2)n1)c1ccc(Br)cc1. The Labute approximate surface area is 229 Å². The van der Waals surface area contributed by atoms with Gasteiger partial charge in [-0.2, -0.15) is 4.80 Å². The van der Waals surface area contributed by atoms with Crippen molar-refractivity contribution < 1.29 is 9.59 Å². The maximum atomic E-state index is 13.9. The van der Waals surface area contributed by atoms with Crippen molar-refractivity contribution >= 4 is 33.4 Å². The van der Waals surface area contributed by atoms with Crippen molar-refractivity contribution in [2.45, 2.75) is 50.7 Å². The number of amides is 2. The number of hydrogen-bond acceptors (Lipinski definition) is 6. The summed E-state index contributed by atoms with van der Waals surface area (Å²) in [6, 6.07) is 21.2. The molecule has 1 fully saturated rings. The van der Waals surface area contributed by atoms with E-state index < -0.39 is 6.04 Å². The van der Waals surface area contributed by atoms with Gasteiger partial charge in [-0.05, 0) is 54.5 Å². The highest BCUT2D eigenvalue weighted by atomic mass is 79.9. The number of nitrogens with zero attached hydrogens (tertiary/aromatic N) is 6. The van der Waals surface area contributed by atoms with Crippen LogP contribution in [0, 0.1) is 0 Å². The maximum Gasteiger partial charge on any atom is 0.251 e. The average Bonchev–Trinajstić information content (AvgIpc) is 3.42. The summed E-state index contributed by atoms with van der Waals surface area (Å²) in [5, 5.41) is 15.8. The van der Waals surface area contributed by atoms with Gasteiger partial charge in [-0.1, -0.05) is 71.6 Å². The highest BCUT2D eigenvalue weighted by Gasteiger charge is 2.35. The molecule has 2 aromatic heterocycles. The van der Waals surface area contributed by atoms with Gasteiger partial charge in [-0.3, -0.25) is 19.5 Å². The molecule has 2 aromatic carbocycles. The fraction of sp³-hybridized carbons (Fsp3) is 0.286. The molecule has 0 spiro atoms. The van der Waals surface area contributed by atoms with Crippen LogP contribution in [0.4, 0.5) is 5.69 Å². The highest BCUT2D eigenvalue weighted by Crippen LogP contribution is 2.29. The van der Waals surface area contributed by atoms with Gasteiger partial charge in [0.1, 0.15) is 6.54 Å². The number of halogens is 1. The molecule has 0 saturated heterocycles. The number of nitrogens with one attached hydrogen (secondary N) is 1. The lowest BCUT2D eigenvalue weighted by Crippen LogP contribution is -2.48. The first-order valence-electron chi connectivity index (χ1n) is 12.7. The standard InChI is InChI=1S/C28H28BrN7O2/c29-21-14-16-23(17-15-21)36(25(37)19-35-33-27(32-34-35)20-9-3-1-4-10-20)26(24-13-7-8-18-30-24)28(38)31-22-11-5-2-6-12-22/h1,3-4,7-10,13-18,22,26H,2,5-6,11-12,19H2,(H,31,38). The lowest BCUT2D eigenvalue weighted by molar-refractivity contribution is -0.127. The van der Waals surface area contributed by atoms with Crippen molar-refractivity contribution in [1.29, 1.82) is 0 Å². The largest absolute Gasteiger partial charge is 0.351 e. The topological polar surface area (TPSA) is 106 Å². The number of hydrogen-bond donors (Lipinski definition) is 1. The van der Waals surface area contributed by atoms with E-state index in [9.17, 15) is 9.59 Å². The monoisotopic (exact) mass is 573 g/mol. The molecule has 1 atom stereocenters. The molecule has 0 radical (unpaired) electrons. The Morgan fingerprint density at radius 2 is 1.71 bits per heavy atom. The summed E-state index contributed by atoms with van der Waals surface area (Å²) in [7, 11) is 0. The van der Waals surface area contributed by atoms with Crippen LogP contribution in [-0.4, -0.2) is 43.0 Å². The molecule has 1 aliphatic rings. The summed E-state index contributed by atoms with van der Waals surface area (Å²) in [6.07, 6.45) is 6.82. The quantitative estimate of drug-likeness (QED) is 0.327. The van der Waals surface area contributed by atoms with Crippen LogP contribution in [0.1, 0.15) is 43.8 Å². The van der Waals surface area contributed by atoms with Crippen molar-refractivity contribution in [2.75, 3.05) is 4.90 Å². The first kappa shape index (κ1) is 25.7. The molecule has 1 aliphatic carbocycles. The van der Waals surface area contributed by atoms with E-state index in [0.29, 0.717) is 17.2 Å². The predicted molar refractivity (Wildman–Crippen MR) is 147 cm³/mol. The molecule has 38 heavy (non-hydrogen) atoms. The van der Waals surface area contributed by atoms with E-state index in [1.54, 1.807) is 30.5 Å². The van der Waals surface area contributed by atoms with Crippen LogP contribution >= 0.6 is 15.9 Å². The number of carbonyl (C=O) groups excluding carboxylic acids is 2. The van der Waals surface area contributed by atoms with Crippen LogP contribution in [-0.2, 0) is 16.1 Å². The van der Waals surface area contributed by atoms with Gasteiger partial charge in [0.2, 0.25) is 11.7 Å². The van der Waals surface area contributed by atoms with E-state index >= 15 is 0 Å². The third kappa shape index (κ3) is 6.13. The molecule has 0 bridgehead atoms. The Balaban J connectivity index is 1.48. The number of carbonyl (C=O) groups is 2. The van der Waals surface area contributed by atoms with Crippen LogP contribution in [0.25, 0.3) is 11.4 Å². The van der Waals surface area contributed by atoms with Crippen LogP contribution in [0.15, 0.2) is 83.5 Å². The minimum Gasteiger partial charge on any atom is -0.351 e. The zero-order valence-corrected chi connectivity index (χ0v) is 22.4. The van der Waals surface area contributed by atoms with Crippen LogP contribution in [0.3, 0.4) is 0 Å². The number of benzene rings is 2. The van der Waals surface area contributed by atoms with Gasteiger partial charge >= 0.3 is 0 Å². The van der Waals surface area contributed by atoms with Gasteiger partial charge in [0, 0.05) is 28.0 Å². The Morgan fingerprint density at radius 1 is 0.974 bits per heavy atom. The normalized spacial score (nSPS) is 14.6. The van der Waals surface area contributed by atoms with E-state index in [0.717, 1.165) is 35.7 Å². The summed E-state index contributed by atoms with van der Waals surface area (Å²) in [5.41, 5.74) is 1.85. The second-order valence-electron chi connectivity index (χ2n) is 9.25. The van der Waals surface area contributed by atoms with Crippen molar-refractivity contribution in [3.63, 3.8) is 0 Å². The fourth-order valence-corrected chi connectivity index (χ4v) is 4.96. The van der Waals surface area contributed by atoms with Crippen molar-refractivity contribution in [1.82, 2.24) is 30.5 Å². The molecule has 1 unspecified atom stereocenters. The van der Waals surface area contributed by atoms with Gasteiger partial charge in [0.15, 0.2) is 6.04 Å². The predicted octanol–water partition coefficient (Wildman–Crippen LogP) is 4.72. The summed E-state index contributed by atoms with van der Waals surface area (Å²) in [4.78, 5) is 35.0. The van der Waals surface area contributed by atoms with E-state index in [4.69, 9.17) is 0 Å². The molecule has 194 valence electrons. The molecular weight excluding hydrogens is 546 g/mol. The molecule has 10 heteroatoms. The molecule has 2 amide bonds. The zero-order chi connectivity index (χ0) is 26.3. The molecule has 0 aliphatic heterocycles. The van der Waals surface area contributed by atoms with Gasteiger partial charge in [0.05, 0.1) is 5.69 Å². The molecule has 4 aromatic rings. The lowest BCUT2D eigenvalue weighted by atomic mass is 9.95. The van der Waals surface area contributed by atoms with Crippen LogP contribution in [0.2, 0.25) is 0 Å². The van der Waals surface area contributed by atoms with E-state index in [1.807, 2.05) is 48.5 Å². The Bertz CT molecular complexity index is 1360. The molecule has 5 rings (SSSR count). The van der Waals surface area contributed by atoms with Crippen LogP contribution in [0.5, 0.6) is 0 Å². The van der Waals surface area contributed by atoms with Gasteiger partial charge in [-0.25, -0.2) is 0 Å². The smallest absolute Gasteiger partial charge is 0.251 e. The molecule has 1 saturated carbocycles. The van der Waals surface area contributed by atoms with Crippen molar-refractivity contribution in [2.24, 2.45) is 0 Å². The summed E-state index contributed by atoms with van der Waals surface area (Å²) in [5.74, 6) is -0.202. The Kier molecular flexibility index (Phi) is 8.18. The Morgan fingerprint density at radius 3 is 2.42 bits per heavy atom. The second-order valence-corrected chi connectivity index (χ2v) is 10.2. The van der Waals surface area contributed by atoms with Crippen molar-refractivity contribution in [3.8, 4) is 11.4 Å². The Hall–Kier alpha value is -3.92. The summed E-state index contributed by atoms with van der Waals surface area (Å²) < 4.78 is 0.861. The number of rotatable bonds is 8. The number of anilines is 1. The van der Waals surface area contributed by atoms with Gasteiger partial charge < -0.3 is 5.32 Å². The lowest BCUT2D eigenvalue weighted by Gasteiger charge is -2.32. The van der Waals surface area contributed by atoms with Gasteiger partial charge in [-0.15, -0.1) is 10.2 Å². The molecular formula is C28H28BrN7O2. The number of pyridine rings is 1. The fourth-order valence-electron chi connectivity index (χ4n) is 4.70. The average molecular weight is 574 g/mol. The van der Waals surface area contributed by atoms with E-state index in [2.05, 4.69) is 41.6 Å². The molecule has 2 heterocycles. The minimum atomic E-state index is -0.969. The molecule has 9 nitrogen and oxygen atoms in total. The zero-order valence-electron chi connectivity index (χ0n) is 20.8. The van der Waals surface area contributed by atoms with Gasteiger partial charge in [0.25, 0.3) is 5.91 Å². The highest BCUT2D eigenvalue weighted by molar-refractivity contribution is 9.10. The summed E-state index contributed by atoms with van der Waals surface area (Å²) >= 11 is 3.46.